The van der Waals surface area contributed by atoms with Gasteiger partial charge in [-0.05, 0) is 35.1 Å². The molecule has 0 saturated heterocycles. The Morgan fingerprint density at radius 1 is 1.02 bits per heavy atom. The summed E-state index contributed by atoms with van der Waals surface area (Å²) in [5.41, 5.74) is 5.13. The molecule has 2 aromatic heterocycles. The summed E-state index contributed by atoms with van der Waals surface area (Å²) < 4.78 is 99.1. The third-order valence-electron chi connectivity index (χ3n) is 8.37. The maximum absolute atomic E-state index is 14.8. The van der Waals surface area contributed by atoms with E-state index in [0.29, 0.717) is 15.8 Å². The van der Waals surface area contributed by atoms with Crippen molar-refractivity contribution in [2.75, 3.05) is 6.61 Å². The minimum Gasteiger partial charge on any atom is -0.463 e. The molecule has 0 radical (unpaired) electrons. The molecule has 2 aromatic carbocycles. The Morgan fingerprint density at radius 3 is 2.28 bits per heavy atom. The number of nitrogens with zero attached hydrogens (tertiary/aromatic N) is 8. The van der Waals surface area contributed by atoms with Crippen molar-refractivity contribution in [3.8, 4) is 22.6 Å². The molecule has 20 heteroatoms. The smallest absolute Gasteiger partial charge is 0.392 e. The molecular formula is C33H33ClF7N9O3. The van der Waals surface area contributed by atoms with Gasteiger partial charge in [-0.2, -0.15) is 45.6 Å². The number of benzene rings is 2. The van der Waals surface area contributed by atoms with E-state index in [4.69, 9.17) is 22.1 Å². The number of hydrogen-bond donors (Lipinski definition) is 1. The fourth-order valence-corrected chi connectivity index (χ4v) is 6.12. The second-order valence-corrected chi connectivity index (χ2v) is 13.9. The number of esters is 1. The maximum atomic E-state index is 14.8. The first-order chi connectivity index (χ1) is 24.7. The van der Waals surface area contributed by atoms with Gasteiger partial charge in [0, 0.05) is 11.1 Å². The van der Waals surface area contributed by atoms with Crippen molar-refractivity contribution in [1.29, 1.82) is 0 Å². The number of aliphatic imine (C=N–C) groups is 1. The van der Waals surface area contributed by atoms with Crippen molar-refractivity contribution < 1.29 is 45.1 Å². The number of rotatable bonds is 12. The lowest BCUT2D eigenvalue weighted by molar-refractivity contribution is -0.181. The van der Waals surface area contributed by atoms with Crippen molar-refractivity contribution in [2.24, 2.45) is 22.1 Å². The first-order valence-corrected chi connectivity index (χ1v) is 16.3. The van der Waals surface area contributed by atoms with Crippen molar-refractivity contribution in [2.45, 2.75) is 71.4 Å². The third-order valence-corrected chi connectivity index (χ3v) is 8.70. The normalized spacial score (nSPS) is 17.8. The number of ether oxygens (including phenoxy) is 1. The van der Waals surface area contributed by atoms with E-state index in [9.17, 15) is 40.3 Å². The van der Waals surface area contributed by atoms with Crippen LogP contribution in [0.2, 0.25) is 5.02 Å². The zero-order chi connectivity index (χ0) is 39.0. The average Bonchev–Trinajstić information content (AvgIpc) is 3.81. The molecule has 0 bridgehead atoms. The number of aromatic nitrogens is 6. The van der Waals surface area contributed by atoms with Crippen LogP contribution >= 0.6 is 11.6 Å². The highest BCUT2D eigenvalue weighted by Crippen LogP contribution is 2.45. The van der Waals surface area contributed by atoms with E-state index in [1.54, 1.807) is 12.1 Å². The Hall–Kier alpha value is -5.07. The standard InChI is InChI=1S/C33H33ClF7N9O3/c1-17(33(39,40)41)11-25(51)53-14-24(19-7-10-22(34)21(12-19)26-43-16-45-49(26)28(35)36)48-27(52)32(46-30(48)42,15-31(2,3)4)20-8-5-18(6-9-20)23-13-44-50(47-23)29(37)38/h5-10,12-13,16-17,24,28-29H,11,14-15H2,1-4H3,(H2,42,46)/t17-,24-,32-/m1/s1. The summed E-state index contributed by atoms with van der Waals surface area (Å²) >= 11 is 6.39. The summed E-state index contributed by atoms with van der Waals surface area (Å²) in [6, 6.07) is 8.82. The Balaban J connectivity index is 1.58. The summed E-state index contributed by atoms with van der Waals surface area (Å²) in [6.07, 6.45) is -3.62. The molecule has 2 N–H and O–H groups in total. The molecule has 1 aliphatic rings. The monoisotopic (exact) mass is 771 g/mol. The number of carbonyl (C=O) groups is 2. The van der Waals surface area contributed by atoms with E-state index in [1.165, 1.54) is 30.3 Å². The van der Waals surface area contributed by atoms with Crippen LogP contribution in [0, 0.1) is 11.3 Å². The van der Waals surface area contributed by atoms with Gasteiger partial charge in [0.15, 0.2) is 17.3 Å². The lowest BCUT2D eigenvalue weighted by Gasteiger charge is -2.35. The van der Waals surface area contributed by atoms with Gasteiger partial charge >= 0.3 is 25.2 Å². The lowest BCUT2D eigenvalue weighted by Crippen LogP contribution is -2.47. The van der Waals surface area contributed by atoms with E-state index in [1.807, 2.05) is 20.8 Å². The summed E-state index contributed by atoms with van der Waals surface area (Å²) in [5.74, 6) is -4.67. The van der Waals surface area contributed by atoms with Crippen molar-refractivity contribution in [3.63, 3.8) is 0 Å². The molecule has 4 aromatic rings. The van der Waals surface area contributed by atoms with Crippen LogP contribution in [0.3, 0.4) is 0 Å². The number of alkyl halides is 7. The molecule has 0 fully saturated rings. The zero-order valence-electron chi connectivity index (χ0n) is 28.5. The SMILES string of the molecule is C[C@H](CC(=O)OC[C@H](c1ccc(Cl)c(-c2ncnn2C(F)F)c1)N1C(=O)[C@@](CC(C)(C)C)(c2ccc(-c3cnn(C(F)F)n3)cc2)N=C1N)C(F)(F)F. The Morgan fingerprint density at radius 2 is 1.70 bits per heavy atom. The molecule has 284 valence electrons. The fourth-order valence-electron chi connectivity index (χ4n) is 5.92. The van der Waals surface area contributed by atoms with Gasteiger partial charge in [0.25, 0.3) is 5.91 Å². The Bertz CT molecular complexity index is 1990. The van der Waals surface area contributed by atoms with Gasteiger partial charge < -0.3 is 10.5 Å². The van der Waals surface area contributed by atoms with Gasteiger partial charge in [-0.3, -0.25) is 14.5 Å². The largest absolute Gasteiger partial charge is 0.463 e. The highest BCUT2D eigenvalue weighted by Gasteiger charge is 2.53. The third kappa shape index (κ3) is 8.29. The van der Waals surface area contributed by atoms with Gasteiger partial charge in [0.1, 0.15) is 18.6 Å². The first-order valence-electron chi connectivity index (χ1n) is 15.9. The molecule has 1 amide bonds. The van der Waals surface area contributed by atoms with Crippen molar-refractivity contribution >= 4 is 29.4 Å². The lowest BCUT2D eigenvalue weighted by atomic mass is 9.75. The van der Waals surface area contributed by atoms with Crippen LogP contribution in [-0.2, 0) is 19.9 Å². The second kappa shape index (κ2) is 14.7. The van der Waals surface area contributed by atoms with E-state index < -0.39 is 67.1 Å². The fraction of sp³-hybridized carbons (Fsp3) is 0.424. The van der Waals surface area contributed by atoms with Gasteiger partial charge in [-0.15, -0.1) is 9.90 Å². The molecule has 0 spiro atoms. The number of guanidine groups is 1. The van der Waals surface area contributed by atoms with Crippen molar-refractivity contribution in [3.05, 3.63) is 71.1 Å². The Kier molecular flexibility index (Phi) is 10.9. The summed E-state index contributed by atoms with van der Waals surface area (Å²) in [6.45, 7) is -0.443. The summed E-state index contributed by atoms with van der Waals surface area (Å²) in [4.78, 5) is 37.3. The predicted octanol–water partition coefficient (Wildman–Crippen LogP) is 7.31. The van der Waals surface area contributed by atoms with Gasteiger partial charge in [0.2, 0.25) is 0 Å². The number of nitrogens with two attached hydrogens (primary N) is 1. The highest BCUT2D eigenvalue weighted by atomic mass is 35.5. The molecule has 0 aliphatic carbocycles. The molecule has 12 nitrogen and oxygen atoms in total. The quantitative estimate of drug-likeness (QED) is 0.117. The van der Waals surface area contributed by atoms with Crippen LogP contribution in [0.1, 0.15) is 70.8 Å². The Labute approximate surface area is 302 Å². The molecule has 5 rings (SSSR count). The summed E-state index contributed by atoms with van der Waals surface area (Å²) in [7, 11) is 0. The minimum absolute atomic E-state index is 0.0384. The van der Waals surface area contributed by atoms with E-state index >= 15 is 0 Å². The van der Waals surface area contributed by atoms with Gasteiger partial charge in [0.05, 0.1) is 29.6 Å². The first kappa shape index (κ1) is 39.1. The summed E-state index contributed by atoms with van der Waals surface area (Å²) in [5, 5.41) is 10.8. The molecule has 53 heavy (non-hydrogen) atoms. The molecule has 3 heterocycles. The molecule has 1 aliphatic heterocycles. The number of amides is 1. The van der Waals surface area contributed by atoms with Crippen LogP contribution in [0.5, 0.6) is 0 Å². The molecule has 0 saturated carbocycles. The molecular weight excluding hydrogens is 739 g/mol. The highest BCUT2D eigenvalue weighted by molar-refractivity contribution is 6.33. The maximum Gasteiger partial charge on any atom is 0.392 e. The number of carbonyl (C=O) groups excluding carboxylic acids is 2. The van der Waals surface area contributed by atoms with Crippen LogP contribution in [-0.4, -0.2) is 65.3 Å². The molecule has 3 atom stereocenters. The number of halogens is 8. The van der Waals surface area contributed by atoms with Gasteiger partial charge in [-0.25, -0.2) is 9.98 Å². The van der Waals surface area contributed by atoms with Crippen LogP contribution < -0.4 is 5.73 Å². The minimum atomic E-state index is -4.69. The van der Waals surface area contributed by atoms with E-state index in [0.717, 1.165) is 24.3 Å². The molecule has 0 unspecified atom stereocenters. The van der Waals surface area contributed by atoms with Gasteiger partial charge in [-0.1, -0.05) is 69.6 Å². The second-order valence-electron chi connectivity index (χ2n) is 13.5. The zero-order valence-corrected chi connectivity index (χ0v) is 29.3. The van der Waals surface area contributed by atoms with Crippen LogP contribution in [0.25, 0.3) is 22.6 Å². The topological polar surface area (TPSA) is 146 Å². The van der Waals surface area contributed by atoms with E-state index in [-0.39, 0.29) is 44.8 Å². The number of hydrogen-bond acceptors (Lipinski definition) is 9. The average molecular weight is 772 g/mol. The van der Waals surface area contributed by atoms with E-state index in [2.05, 4.69) is 25.3 Å². The predicted molar refractivity (Wildman–Crippen MR) is 176 cm³/mol. The van der Waals surface area contributed by atoms with Crippen molar-refractivity contribution in [1.82, 2.24) is 34.7 Å². The van der Waals surface area contributed by atoms with Crippen LogP contribution in [0.15, 0.2) is 60.0 Å². The van der Waals surface area contributed by atoms with Crippen LogP contribution in [0.4, 0.5) is 30.7 Å².